The van der Waals surface area contributed by atoms with Crippen molar-refractivity contribution in [2.45, 2.75) is 58.5 Å². The number of nitriles is 1. The van der Waals surface area contributed by atoms with Gasteiger partial charge in [0.1, 0.15) is 11.8 Å². The Labute approximate surface area is 128 Å². The molecule has 0 fully saturated rings. The quantitative estimate of drug-likeness (QED) is 0.554. The Balaban J connectivity index is 2.08. The summed E-state index contributed by atoms with van der Waals surface area (Å²) >= 11 is 0. The van der Waals surface area contributed by atoms with Gasteiger partial charge in [-0.3, -0.25) is 0 Å². The van der Waals surface area contributed by atoms with Crippen LogP contribution in [0.3, 0.4) is 0 Å². The third-order valence-corrected chi connectivity index (χ3v) is 3.42. The van der Waals surface area contributed by atoms with Crippen molar-refractivity contribution in [1.82, 2.24) is 0 Å². The molecule has 0 aliphatic heterocycles. The van der Waals surface area contributed by atoms with Crippen molar-refractivity contribution < 1.29 is 9.47 Å². The number of unbranched alkanes of at least 4 members (excludes halogenated alkanes) is 3. The van der Waals surface area contributed by atoms with Crippen LogP contribution in [0.5, 0.6) is 5.75 Å². The molecule has 1 aromatic rings. The maximum atomic E-state index is 8.96. The smallest absolute Gasteiger partial charge is 0.137 e. The van der Waals surface area contributed by atoms with Gasteiger partial charge in [-0.15, -0.1) is 0 Å². The van der Waals surface area contributed by atoms with Gasteiger partial charge in [-0.2, -0.15) is 5.26 Å². The van der Waals surface area contributed by atoms with E-state index in [0.717, 1.165) is 12.8 Å². The molecule has 116 valence electrons. The van der Waals surface area contributed by atoms with Gasteiger partial charge in [0, 0.05) is 6.42 Å². The molecule has 0 N–H and O–H groups in total. The first kappa shape index (κ1) is 17.5. The summed E-state index contributed by atoms with van der Waals surface area (Å²) in [6.45, 7) is 5.66. The summed E-state index contributed by atoms with van der Waals surface area (Å²) in [5.74, 6) is 0.660. The molecule has 0 saturated carbocycles. The Morgan fingerprint density at radius 3 is 2.67 bits per heavy atom. The lowest BCUT2D eigenvalue weighted by molar-refractivity contribution is 0.0507. The fraction of sp³-hybridized carbons (Fsp3) is 0.611. The minimum Gasteiger partial charge on any atom is -0.492 e. The molecule has 3 nitrogen and oxygen atoms in total. The topological polar surface area (TPSA) is 42.2 Å². The maximum absolute atomic E-state index is 8.96. The number of hydrogen-bond donors (Lipinski definition) is 0. The third-order valence-electron chi connectivity index (χ3n) is 3.42. The van der Waals surface area contributed by atoms with Crippen LogP contribution in [-0.4, -0.2) is 19.3 Å². The van der Waals surface area contributed by atoms with E-state index < -0.39 is 0 Å². The molecule has 21 heavy (non-hydrogen) atoms. The monoisotopic (exact) mass is 289 g/mol. The summed E-state index contributed by atoms with van der Waals surface area (Å²) in [6, 6.07) is 9.45. The van der Waals surface area contributed by atoms with Gasteiger partial charge in [0.25, 0.3) is 0 Å². The second-order valence-electron chi connectivity index (χ2n) is 5.34. The molecule has 0 heterocycles. The van der Waals surface area contributed by atoms with Crippen LogP contribution in [0.25, 0.3) is 0 Å². The summed E-state index contributed by atoms with van der Waals surface area (Å²) in [5, 5.41) is 8.96. The maximum Gasteiger partial charge on any atom is 0.137 e. The van der Waals surface area contributed by atoms with Crippen LogP contribution in [0.1, 0.15) is 57.9 Å². The molecule has 0 aliphatic rings. The van der Waals surface area contributed by atoms with Crippen molar-refractivity contribution in [3.05, 3.63) is 29.8 Å². The summed E-state index contributed by atoms with van der Waals surface area (Å²) in [7, 11) is 0. The third kappa shape index (κ3) is 7.72. The number of benzene rings is 1. The molecule has 0 spiro atoms. The molecule has 3 heteroatoms. The van der Waals surface area contributed by atoms with Gasteiger partial charge in [0.2, 0.25) is 0 Å². The van der Waals surface area contributed by atoms with E-state index in [9.17, 15) is 0 Å². The summed E-state index contributed by atoms with van der Waals surface area (Å²) < 4.78 is 11.4. The van der Waals surface area contributed by atoms with Crippen molar-refractivity contribution in [3.63, 3.8) is 0 Å². The minimum absolute atomic E-state index is 0.327. The molecule has 0 aromatic heterocycles. The van der Waals surface area contributed by atoms with E-state index in [1.54, 1.807) is 6.07 Å². The second-order valence-corrected chi connectivity index (χ2v) is 5.34. The highest BCUT2D eigenvalue weighted by atomic mass is 16.5. The average Bonchev–Trinajstić information content (AvgIpc) is 2.51. The van der Waals surface area contributed by atoms with Crippen LogP contribution in [-0.2, 0) is 4.74 Å². The second kappa shape index (κ2) is 11.2. The van der Waals surface area contributed by atoms with E-state index >= 15 is 0 Å². The predicted octanol–water partition coefficient (Wildman–Crippen LogP) is 4.70. The van der Waals surface area contributed by atoms with E-state index in [0.29, 0.717) is 30.6 Å². The summed E-state index contributed by atoms with van der Waals surface area (Å²) in [6.07, 6.45) is 7.46. The first-order valence-corrected chi connectivity index (χ1v) is 8.01. The van der Waals surface area contributed by atoms with Crippen LogP contribution in [0.15, 0.2) is 24.3 Å². The SMILES string of the molecule is CCCCCCC(C)OCCCOc1ccccc1C#N. The standard InChI is InChI=1S/C18H27NO2/c1-3-4-5-6-10-16(2)20-13-9-14-21-18-12-8-7-11-17(18)15-19/h7-8,11-12,16H,3-6,9-10,13-14H2,1-2H3. The highest BCUT2D eigenvalue weighted by molar-refractivity contribution is 5.42. The molecule has 0 radical (unpaired) electrons. The Kier molecular flexibility index (Phi) is 9.32. The number of nitrogens with zero attached hydrogens (tertiary/aromatic N) is 1. The first-order valence-electron chi connectivity index (χ1n) is 8.01. The van der Waals surface area contributed by atoms with Crippen molar-refractivity contribution in [1.29, 1.82) is 5.26 Å². The van der Waals surface area contributed by atoms with Gasteiger partial charge in [0.15, 0.2) is 0 Å². The van der Waals surface area contributed by atoms with Crippen molar-refractivity contribution >= 4 is 0 Å². The van der Waals surface area contributed by atoms with Gasteiger partial charge >= 0.3 is 0 Å². The van der Waals surface area contributed by atoms with E-state index in [2.05, 4.69) is 19.9 Å². The molecule has 1 rings (SSSR count). The zero-order chi connectivity index (χ0) is 15.3. The van der Waals surface area contributed by atoms with Gasteiger partial charge in [0.05, 0.1) is 24.9 Å². The minimum atomic E-state index is 0.327. The molecule has 1 aromatic carbocycles. The highest BCUT2D eigenvalue weighted by Gasteiger charge is 2.03. The predicted molar refractivity (Wildman–Crippen MR) is 85.4 cm³/mol. The fourth-order valence-corrected chi connectivity index (χ4v) is 2.15. The van der Waals surface area contributed by atoms with E-state index in [4.69, 9.17) is 14.7 Å². The van der Waals surface area contributed by atoms with Crippen LogP contribution in [0.2, 0.25) is 0 Å². The number of para-hydroxylation sites is 1. The van der Waals surface area contributed by atoms with Crippen molar-refractivity contribution in [2.75, 3.05) is 13.2 Å². The van der Waals surface area contributed by atoms with Crippen LogP contribution < -0.4 is 4.74 Å². The molecular weight excluding hydrogens is 262 g/mol. The van der Waals surface area contributed by atoms with Gasteiger partial charge in [-0.05, 0) is 25.5 Å². The molecule has 0 bridgehead atoms. The molecule has 1 atom stereocenters. The average molecular weight is 289 g/mol. The van der Waals surface area contributed by atoms with E-state index in [-0.39, 0.29) is 0 Å². The molecule has 0 amide bonds. The highest BCUT2D eigenvalue weighted by Crippen LogP contribution is 2.16. The lowest BCUT2D eigenvalue weighted by atomic mass is 10.1. The van der Waals surface area contributed by atoms with Crippen LogP contribution >= 0.6 is 0 Å². The number of ether oxygens (including phenoxy) is 2. The van der Waals surface area contributed by atoms with Crippen molar-refractivity contribution in [2.24, 2.45) is 0 Å². The van der Waals surface area contributed by atoms with Crippen LogP contribution in [0, 0.1) is 11.3 Å². The Morgan fingerprint density at radius 1 is 1.10 bits per heavy atom. The van der Waals surface area contributed by atoms with Gasteiger partial charge < -0.3 is 9.47 Å². The molecule has 1 unspecified atom stereocenters. The summed E-state index contributed by atoms with van der Waals surface area (Å²) in [4.78, 5) is 0. The van der Waals surface area contributed by atoms with E-state index in [1.807, 2.05) is 18.2 Å². The fourth-order valence-electron chi connectivity index (χ4n) is 2.15. The Hall–Kier alpha value is -1.53. The zero-order valence-corrected chi connectivity index (χ0v) is 13.3. The number of hydrogen-bond acceptors (Lipinski definition) is 3. The van der Waals surface area contributed by atoms with Gasteiger partial charge in [-0.1, -0.05) is 44.7 Å². The largest absolute Gasteiger partial charge is 0.492 e. The molecule has 0 aliphatic carbocycles. The molecule has 0 saturated heterocycles. The van der Waals surface area contributed by atoms with E-state index in [1.165, 1.54) is 25.7 Å². The summed E-state index contributed by atoms with van der Waals surface area (Å²) in [5.41, 5.74) is 0.586. The Bertz CT molecular complexity index is 425. The Morgan fingerprint density at radius 2 is 1.90 bits per heavy atom. The lowest BCUT2D eigenvalue weighted by Crippen LogP contribution is -2.11. The van der Waals surface area contributed by atoms with Crippen molar-refractivity contribution in [3.8, 4) is 11.8 Å². The lowest BCUT2D eigenvalue weighted by Gasteiger charge is -2.13. The normalized spacial score (nSPS) is 11.9. The van der Waals surface area contributed by atoms with Crippen LogP contribution in [0.4, 0.5) is 0 Å². The molecular formula is C18H27NO2. The van der Waals surface area contributed by atoms with Gasteiger partial charge in [-0.25, -0.2) is 0 Å². The number of rotatable bonds is 11. The first-order chi connectivity index (χ1) is 10.3. The zero-order valence-electron chi connectivity index (χ0n) is 13.3.